The van der Waals surface area contributed by atoms with Gasteiger partial charge >= 0.3 is 0 Å². The monoisotopic (exact) mass is 290 g/mol. The highest BCUT2D eigenvalue weighted by atomic mass is 32.1. The first-order valence-corrected chi connectivity index (χ1v) is 7.65. The van der Waals surface area contributed by atoms with Gasteiger partial charge in [0, 0.05) is 25.5 Å². The molecule has 0 aromatic carbocycles. The van der Waals surface area contributed by atoms with E-state index in [9.17, 15) is 0 Å². The molecule has 6 heteroatoms. The van der Waals surface area contributed by atoms with E-state index in [1.807, 2.05) is 12.1 Å². The third kappa shape index (κ3) is 3.07. The first kappa shape index (κ1) is 13.3. The summed E-state index contributed by atoms with van der Waals surface area (Å²) in [6.07, 6.45) is 5.96. The normalized spacial score (nSPS) is 16.4. The lowest BCUT2D eigenvalue weighted by Crippen LogP contribution is -2.33. The summed E-state index contributed by atoms with van der Waals surface area (Å²) in [6.45, 7) is 4.89. The minimum absolute atomic E-state index is 0.505. The Morgan fingerprint density at radius 1 is 1.25 bits per heavy atom. The largest absolute Gasteiger partial charge is 0.470 e. The first-order chi connectivity index (χ1) is 9.83. The zero-order valence-corrected chi connectivity index (χ0v) is 12.3. The smallest absolute Gasteiger partial charge is 0.271 e. The summed E-state index contributed by atoms with van der Waals surface area (Å²) in [5.41, 5.74) is 1.09. The zero-order chi connectivity index (χ0) is 13.8. The predicted octanol–water partition coefficient (Wildman–Crippen LogP) is 2.75. The van der Waals surface area contributed by atoms with Crippen molar-refractivity contribution in [2.24, 2.45) is 5.92 Å². The van der Waals surface area contributed by atoms with Crippen LogP contribution in [0.4, 0.5) is 5.82 Å². The van der Waals surface area contributed by atoms with Crippen molar-refractivity contribution < 1.29 is 4.74 Å². The van der Waals surface area contributed by atoms with Crippen LogP contribution in [0.2, 0.25) is 0 Å². The van der Waals surface area contributed by atoms with Crippen LogP contribution in [0.25, 0.3) is 0 Å². The molecule has 2 aromatic heterocycles. The molecule has 0 atom stereocenters. The fraction of sp³-hybridized carbons (Fsp3) is 0.500. The minimum Gasteiger partial charge on any atom is -0.470 e. The van der Waals surface area contributed by atoms with Gasteiger partial charge in [0.15, 0.2) is 0 Å². The van der Waals surface area contributed by atoms with Crippen molar-refractivity contribution in [3.63, 3.8) is 0 Å². The molecule has 0 saturated carbocycles. The van der Waals surface area contributed by atoms with Crippen molar-refractivity contribution in [2.45, 2.75) is 26.4 Å². The van der Waals surface area contributed by atoms with Crippen LogP contribution in [0.3, 0.4) is 0 Å². The maximum Gasteiger partial charge on any atom is 0.271 e. The van der Waals surface area contributed by atoms with Crippen LogP contribution in [0.1, 0.15) is 25.3 Å². The van der Waals surface area contributed by atoms with Gasteiger partial charge in [-0.1, -0.05) is 6.92 Å². The van der Waals surface area contributed by atoms with Crippen molar-refractivity contribution in [3.8, 4) is 5.88 Å². The Bertz CT molecular complexity index is 537. The molecule has 0 amide bonds. The third-order valence-corrected chi connectivity index (χ3v) is 4.15. The summed E-state index contributed by atoms with van der Waals surface area (Å²) in [5.74, 6) is 2.36. The zero-order valence-electron chi connectivity index (χ0n) is 11.5. The number of rotatable bonds is 4. The van der Waals surface area contributed by atoms with Crippen molar-refractivity contribution in [1.29, 1.82) is 0 Å². The number of hydrogen-bond donors (Lipinski definition) is 0. The summed E-state index contributed by atoms with van der Waals surface area (Å²) in [6, 6.07) is 3.89. The number of pyridine rings is 1. The summed E-state index contributed by atoms with van der Waals surface area (Å²) < 4.78 is 14.5. The van der Waals surface area contributed by atoms with E-state index in [0.717, 1.165) is 30.4 Å². The van der Waals surface area contributed by atoms with E-state index in [1.54, 1.807) is 12.4 Å². The standard InChI is InChI=1S/C14H18N4OS/c1-11-4-8-18(9-5-11)13-14(17-20-16-13)19-10-12-2-6-15-7-3-12/h2-3,6-7,11H,4-5,8-10H2,1H3. The highest BCUT2D eigenvalue weighted by Crippen LogP contribution is 2.29. The quantitative estimate of drug-likeness (QED) is 0.866. The van der Waals surface area contributed by atoms with Gasteiger partial charge in [-0.15, -0.1) is 4.37 Å². The fourth-order valence-corrected chi connectivity index (χ4v) is 2.83. The molecule has 1 aliphatic rings. The fourth-order valence-electron chi connectivity index (χ4n) is 2.31. The van der Waals surface area contributed by atoms with Crippen LogP contribution in [0, 0.1) is 5.92 Å². The van der Waals surface area contributed by atoms with Gasteiger partial charge in [-0.3, -0.25) is 4.98 Å². The lowest BCUT2D eigenvalue weighted by atomic mass is 9.99. The average molecular weight is 290 g/mol. The summed E-state index contributed by atoms with van der Waals surface area (Å²) in [4.78, 5) is 6.28. The van der Waals surface area contributed by atoms with Gasteiger partial charge in [0.25, 0.3) is 5.88 Å². The van der Waals surface area contributed by atoms with Gasteiger partial charge in [-0.25, -0.2) is 0 Å². The molecule has 0 N–H and O–H groups in total. The Kier molecular flexibility index (Phi) is 4.11. The number of piperidine rings is 1. The van der Waals surface area contributed by atoms with Gasteiger partial charge in [-0.2, -0.15) is 4.37 Å². The third-order valence-electron chi connectivity index (χ3n) is 3.65. The maximum atomic E-state index is 5.81. The number of hydrogen-bond acceptors (Lipinski definition) is 6. The Balaban J connectivity index is 1.64. The maximum absolute atomic E-state index is 5.81. The number of nitrogens with zero attached hydrogens (tertiary/aromatic N) is 4. The second-order valence-electron chi connectivity index (χ2n) is 5.21. The topological polar surface area (TPSA) is 51.1 Å². The Hall–Kier alpha value is -1.69. The molecule has 3 rings (SSSR count). The summed E-state index contributed by atoms with van der Waals surface area (Å²) in [5, 5.41) is 0. The molecular weight excluding hydrogens is 272 g/mol. The van der Waals surface area contributed by atoms with Crippen molar-refractivity contribution in [1.82, 2.24) is 13.7 Å². The molecule has 1 fully saturated rings. The molecule has 0 aliphatic carbocycles. The van der Waals surface area contributed by atoms with Gasteiger partial charge in [0.05, 0.1) is 11.7 Å². The van der Waals surface area contributed by atoms with Crippen LogP contribution in [0.5, 0.6) is 5.88 Å². The number of aromatic nitrogens is 3. The molecule has 5 nitrogen and oxygen atoms in total. The van der Waals surface area contributed by atoms with E-state index in [4.69, 9.17) is 4.74 Å². The number of ether oxygens (including phenoxy) is 1. The molecule has 20 heavy (non-hydrogen) atoms. The van der Waals surface area contributed by atoms with Gasteiger partial charge in [0.2, 0.25) is 5.82 Å². The molecule has 0 bridgehead atoms. The van der Waals surface area contributed by atoms with E-state index in [1.165, 1.54) is 24.6 Å². The molecule has 0 spiro atoms. The van der Waals surface area contributed by atoms with E-state index < -0.39 is 0 Å². The SMILES string of the molecule is CC1CCN(c2nsnc2OCc2ccncc2)CC1. The lowest BCUT2D eigenvalue weighted by Gasteiger charge is -2.30. The molecule has 106 valence electrons. The minimum atomic E-state index is 0.505. The van der Waals surface area contributed by atoms with Gasteiger partial charge in [-0.05, 0) is 36.5 Å². The highest BCUT2D eigenvalue weighted by Gasteiger charge is 2.22. The van der Waals surface area contributed by atoms with Crippen LogP contribution in [-0.2, 0) is 6.61 Å². The van der Waals surface area contributed by atoms with Crippen LogP contribution < -0.4 is 9.64 Å². The van der Waals surface area contributed by atoms with Gasteiger partial charge < -0.3 is 9.64 Å². The van der Waals surface area contributed by atoms with E-state index >= 15 is 0 Å². The van der Waals surface area contributed by atoms with Crippen molar-refractivity contribution in [3.05, 3.63) is 30.1 Å². The molecule has 0 unspecified atom stereocenters. The summed E-state index contributed by atoms with van der Waals surface area (Å²) in [7, 11) is 0. The Morgan fingerprint density at radius 3 is 2.75 bits per heavy atom. The first-order valence-electron chi connectivity index (χ1n) is 6.92. The molecular formula is C14H18N4OS. The van der Waals surface area contributed by atoms with Crippen LogP contribution in [0.15, 0.2) is 24.5 Å². The second kappa shape index (κ2) is 6.17. The lowest BCUT2D eigenvalue weighted by molar-refractivity contribution is 0.295. The van der Waals surface area contributed by atoms with E-state index in [-0.39, 0.29) is 0 Å². The number of anilines is 1. The van der Waals surface area contributed by atoms with Crippen molar-refractivity contribution in [2.75, 3.05) is 18.0 Å². The average Bonchev–Trinajstić information content (AvgIpc) is 2.95. The highest BCUT2D eigenvalue weighted by molar-refractivity contribution is 6.99. The van der Waals surface area contributed by atoms with E-state index in [0.29, 0.717) is 12.5 Å². The second-order valence-corrected chi connectivity index (χ2v) is 5.74. The van der Waals surface area contributed by atoms with Crippen molar-refractivity contribution >= 4 is 17.5 Å². The molecule has 1 saturated heterocycles. The van der Waals surface area contributed by atoms with Crippen LogP contribution >= 0.6 is 11.7 Å². The van der Waals surface area contributed by atoms with Gasteiger partial charge in [0.1, 0.15) is 6.61 Å². The van der Waals surface area contributed by atoms with Crippen LogP contribution in [-0.4, -0.2) is 26.8 Å². The molecule has 2 aromatic rings. The molecule has 0 radical (unpaired) electrons. The Labute approximate surface area is 122 Å². The predicted molar refractivity (Wildman–Crippen MR) is 79.1 cm³/mol. The molecule has 3 heterocycles. The summed E-state index contributed by atoms with van der Waals surface area (Å²) >= 11 is 1.22. The van der Waals surface area contributed by atoms with E-state index in [2.05, 4.69) is 25.6 Å². The Morgan fingerprint density at radius 2 is 2.00 bits per heavy atom. The molecule has 1 aliphatic heterocycles.